The molecule has 11 heteroatoms. The summed E-state index contributed by atoms with van der Waals surface area (Å²) in [6.45, 7) is 3.46. The number of carboxylic acids is 1. The first-order chi connectivity index (χ1) is 16.5. The highest BCUT2D eigenvalue weighted by Crippen LogP contribution is 2.34. The molecule has 0 spiro atoms. The molecule has 1 amide bonds. The van der Waals surface area contributed by atoms with E-state index in [2.05, 4.69) is 5.32 Å². The van der Waals surface area contributed by atoms with Crippen LogP contribution in [0.2, 0.25) is 0 Å². The van der Waals surface area contributed by atoms with E-state index in [-0.39, 0.29) is 53.1 Å². The second kappa shape index (κ2) is 12.2. The summed E-state index contributed by atoms with van der Waals surface area (Å²) in [5.41, 5.74) is 4.66. The van der Waals surface area contributed by atoms with Gasteiger partial charge in [0.1, 0.15) is 10.7 Å². The molecule has 1 aromatic heterocycles. The van der Waals surface area contributed by atoms with Crippen LogP contribution in [0.15, 0.2) is 30.3 Å². The second-order valence-electron chi connectivity index (χ2n) is 7.99. The number of carboxylic acid groups (broad SMARTS) is 1. The Labute approximate surface area is 206 Å². The van der Waals surface area contributed by atoms with Crippen LogP contribution in [0.4, 0.5) is 4.39 Å². The van der Waals surface area contributed by atoms with E-state index in [0.29, 0.717) is 19.3 Å². The molecular weight excluding hydrogens is 477 g/mol. The number of amides is 1. The van der Waals surface area contributed by atoms with Crippen molar-refractivity contribution in [3.63, 3.8) is 0 Å². The van der Waals surface area contributed by atoms with Crippen molar-refractivity contribution in [3.05, 3.63) is 51.5 Å². The molecule has 0 unspecified atom stereocenters. The molecule has 0 aliphatic rings. The van der Waals surface area contributed by atoms with E-state index in [1.165, 1.54) is 18.2 Å². The molecule has 2 rings (SSSR count). The number of Topliss-reactive ketones (excluding diaryl/α,β-unsaturated/α-hetero) is 1. The van der Waals surface area contributed by atoms with Gasteiger partial charge in [0.05, 0.1) is 18.4 Å². The van der Waals surface area contributed by atoms with Gasteiger partial charge in [-0.3, -0.25) is 19.8 Å². The van der Waals surface area contributed by atoms with Crippen LogP contribution in [0.3, 0.4) is 0 Å². The Hall–Kier alpha value is -3.60. The monoisotopic (exact) mass is 505 g/mol. The standard InChI is InChI=1S/C24H28FN3O6S/c1-3-24(4-2,23(33)28-13-15(29)6-10-20(30)31)12-16-7-9-19(35-16)22(32)34-18-8-5-14(21(26)27)11-17(18)25/h5,7-9,11H,3-4,6,10,12-13H2,1-2H3,(H3,26,27)(H,28,33)(H,30,31). The maximum absolute atomic E-state index is 14.2. The fraction of sp³-hybridized carbons (Fsp3) is 0.375. The molecule has 5 N–H and O–H groups in total. The van der Waals surface area contributed by atoms with Crippen LogP contribution >= 0.6 is 11.3 Å². The van der Waals surface area contributed by atoms with E-state index in [9.17, 15) is 23.6 Å². The Bertz CT molecular complexity index is 1130. The van der Waals surface area contributed by atoms with Crippen LogP contribution < -0.4 is 15.8 Å². The van der Waals surface area contributed by atoms with Gasteiger partial charge >= 0.3 is 11.9 Å². The summed E-state index contributed by atoms with van der Waals surface area (Å²) in [5, 5.41) is 18.6. The molecule has 1 heterocycles. The number of carbonyl (C=O) groups is 4. The number of benzene rings is 1. The Morgan fingerprint density at radius 2 is 1.83 bits per heavy atom. The molecule has 0 saturated carbocycles. The van der Waals surface area contributed by atoms with Crippen molar-refractivity contribution in [3.8, 4) is 5.75 Å². The maximum atomic E-state index is 14.2. The van der Waals surface area contributed by atoms with Gasteiger partial charge in [-0.2, -0.15) is 0 Å². The molecule has 0 aliphatic heterocycles. The van der Waals surface area contributed by atoms with Gasteiger partial charge in [0, 0.05) is 16.9 Å². The molecule has 0 atom stereocenters. The Kier molecular flexibility index (Phi) is 9.64. The summed E-state index contributed by atoms with van der Waals surface area (Å²) in [4.78, 5) is 48.9. The largest absolute Gasteiger partial charge is 0.481 e. The lowest BCUT2D eigenvalue weighted by molar-refractivity contribution is -0.138. The number of hydrogen-bond donors (Lipinski definition) is 4. The van der Waals surface area contributed by atoms with Gasteiger partial charge in [0.25, 0.3) is 0 Å². The van der Waals surface area contributed by atoms with Crippen molar-refractivity contribution in [1.29, 1.82) is 5.41 Å². The lowest BCUT2D eigenvalue weighted by atomic mass is 9.77. The molecule has 0 bridgehead atoms. The van der Waals surface area contributed by atoms with E-state index in [0.717, 1.165) is 22.3 Å². The van der Waals surface area contributed by atoms with Gasteiger partial charge in [-0.1, -0.05) is 13.8 Å². The SMILES string of the molecule is CCC(CC)(Cc1ccc(C(=O)Oc2ccc(C(=N)N)cc2F)s1)C(=O)NCC(=O)CCC(=O)O. The number of nitrogens with one attached hydrogen (secondary N) is 2. The first-order valence-corrected chi connectivity index (χ1v) is 11.8. The molecule has 35 heavy (non-hydrogen) atoms. The molecule has 0 aliphatic carbocycles. The number of ketones is 1. The van der Waals surface area contributed by atoms with Crippen LogP contribution in [0, 0.1) is 16.6 Å². The van der Waals surface area contributed by atoms with Crippen molar-refractivity contribution in [2.24, 2.45) is 11.1 Å². The number of nitrogens with two attached hydrogens (primary N) is 1. The number of carbonyl (C=O) groups excluding carboxylic acids is 3. The predicted molar refractivity (Wildman–Crippen MR) is 128 cm³/mol. The van der Waals surface area contributed by atoms with Crippen LogP contribution in [0.1, 0.15) is 59.6 Å². The molecular formula is C24H28FN3O6S. The zero-order valence-electron chi connectivity index (χ0n) is 19.5. The number of thiophene rings is 1. The van der Waals surface area contributed by atoms with Gasteiger partial charge < -0.3 is 20.9 Å². The number of amidine groups is 1. The number of aliphatic carboxylic acids is 1. The van der Waals surface area contributed by atoms with E-state index in [1.54, 1.807) is 6.07 Å². The van der Waals surface area contributed by atoms with E-state index in [4.69, 9.17) is 21.0 Å². The fourth-order valence-electron chi connectivity index (χ4n) is 3.42. The van der Waals surface area contributed by atoms with Crippen molar-refractivity contribution in [2.45, 2.75) is 46.0 Å². The van der Waals surface area contributed by atoms with Crippen LogP contribution in [-0.2, 0) is 20.8 Å². The zero-order chi connectivity index (χ0) is 26.2. The van der Waals surface area contributed by atoms with Crippen LogP contribution in [-0.4, -0.2) is 41.1 Å². The van der Waals surface area contributed by atoms with Crippen molar-refractivity contribution in [2.75, 3.05) is 6.54 Å². The minimum Gasteiger partial charge on any atom is -0.481 e. The van der Waals surface area contributed by atoms with Gasteiger partial charge in [-0.05, 0) is 49.6 Å². The third-order valence-corrected chi connectivity index (χ3v) is 6.79. The first-order valence-electron chi connectivity index (χ1n) is 11.0. The van der Waals surface area contributed by atoms with Crippen molar-refractivity contribution in [1.82, 2.24) is 5.32 Å². The first kappa shape index (κ1) is 27.6. The second-order valence-corrected chi connectivity index (χ2v) is 9.16. The summed E-state index contributed by atoms with van der Waals surface area (Å²) in [6.07, 6.45) is 0.818. The Morgan fingerprint density at radius 3 is 2.40 bits per heavy atom. The third-order valence-electron chi connectivity index (χ3n) is 5.72. The molecule has 0 fully saturated rings. The summed E-state index contributed by atoms with van der Waals surface area (Å²) < 4.78 is 19.3. The number of halogens is 1. The molecule has 188 valence electrons. The quantitative estimate of drug-likeness (QED) is 0.141. The number of nitrogen functional groups attached to an aromatic ring is 1. The van der Waals surface area contributed by atoms with Crippen molar-refractivity contribution >= 4 is 40.8 Å². The highest BCUT2D eigenvalue weighted by Gasteiger charge is 2.35. The number of hydrogen-bond acceptors (Lipinski definition) is 7. The highest BCUT2D eigenvalue weighted by molar-refractivity contribution is 7.14. The maximum Gasteiger partial charge on any atom is 0.353 e. The number of rotatable bonds is 13. The van der Waals surface area contributed by atoms with E-state index in [1.807, 2.05) is 13.8 Å². The Balaban J connectivity index is 2.07. The lowest BCUT2D eigenvalue weighted by Gasteiger charge is -2.29. The molecule has 2 aromatic rings. The highest BCUT2D eigenvalue weighted by atomic mass is 32.1. The van der Waals surface area contributed by atoms with E-state index < -0.39 is 23.2 Å². The summed E-state index contributed by atoms with van der Waals surface area (Å²) >= 11 is 1.12. The summed E-state index contributed by atoms with van der Waals surface area (Å²) in [5.74, 6) is -3.96. The lowest BCUT2D eigenvalue weighted by Crippen LogP contribution is -2.43. The van der Waals surface area contributed by atoms with Crippen LogP contribution in [0.25, 0.3) is 0 Å². The van der Waals surface area contributed by atoms with Crippen LogP contribution in [0.5, 0.6) is 5.75 Å². The average Bonchev–Trinajstić information content (AvgIpc) is 3.29. The smallest absolute Gasteiger partial charge is 0.353 e. The molecule has 1 aromatic carbocycles. The molecule has 0 saturated heterocycles. The molecule has 9 nitrogen and oxygen atoms in total. The minimum absolute atomic E-state index is 0.157. The van der Waals surface area contributed by atoms with Gasteiger partial charge in [0.15, 0.2) is 17.3 Å². The van der Waals surface area contributed by atoms with Gasteiger partial charge in [-0.25, -0.2) is 9.18 Å². The number of esters is 1. The average molecular weight is 506 g/mol. The predicted octanol–water partition coefficient (Wildman–Crippen LogP) is 3.29. The normalized spacial score (nSPS) is 11.1. The fourth-order valence-corrected chi connectivity index (χ4v) is 4.45. The minimum atomic E-state index is -1.08. The van der Waals surface area contributed by atoms with E-state index >= 15 is 0 Å². The van der Waals surface area contributed by atoms with Crippen molar-refractivity contribution < 1.29 is 33.4 Å². The molecule has 0 radical (unpaired) electrons. The third kappa shape index (κ3) is 7.44. The summed E-state index contributed by atoms with van der Waals surface area (Å²) in [6, 6.07) is 6.83. The summed E-state index contributed by atoms with van der Waals surface area (Å²) in [7, 11) is 0. The Morgan fingerprint density at radius 1 is 1.14 bits per heavy atom. The van der Waals surface area contributed by atoms with Gasteiger partial charge in [0.2, 0.25) is 5.91 Å². The zero-order valence-corrected chi connectivity index (χ0v) is 20.3. The number of ether oxygens (including phenoxy) is 1. The topological polar surface area (TPSA) is 160 Å². The van der Waals surface area contributed by atoms with Gasteiger partial charge in [-0.15, -0.1) is 11.3 Å².